The van der Waals surface area contributed by atoms with Crippen molar-refractivity contribution in [2.75, 3.05) is 0 Å². The zero-order chi connectivity index (χ0) is 11.7. The molecular formula is C11H9ClN2O2. The van der Waals surface area contributed by atoms with Gasteiger partial charge in [0, 0.05) is 16.9 Å². The van der Waals surface area contributed by atoms with E-state index in [1.165, 1.54) is 6.20 Å². The lowest BCUT2D eigenvalue weighted by Gasteiger charge is -2.03. The van der Waals surface area contributed by atoms with Gasteiger partial charge in [0.1, 0.15) is 5.82 Å². The van der Waals surface area contributed by atoms with E-state index in [1.807, 2.05) is 12.1 Å². The molecule has 0 bridgehead atoms. The number of aromatic carboxylic acids is 1. The van der Waals surface area contributed by atoms with Crippen LogP contribution in [0.3, 0.4) is 0 Å². The Balaban J connectivity index is 2.47. The topological polar surface area (TPSA) is 55.1 Å². The van der Waals surface area contributed by atoms with Gasteiger partial charge in [0.05, 0.1) is 0 Å². The Morgan fingerprint density at radius 3 is 2.50 bits per heavy atom. The van der Waals surface area contributed by atoms with Crippen LogP contribution in [0.1, 0.15) is 16.3 Å². The Morgan fingerprint density at radius 1 is 1.38 bits per heavy atom. The molecule has 0 saturated carbocycles. The summed E-state index contributed by atoms with van der Waals surface area (Å²) in [5, 5.41) is 9.46. The van der Waals surface area contributed by atoms with Crippen molar-refractivity contribution in [3.8, 4) is 5.69 Å². The minimum absolute atomic E-state index is 0.0347. The highest BCUT2D eigenvalue weighted by molar-refractivity contribution is 6.30. The van der Waals surface area contributed by atoms with Gasteiger partial charge in [-0.3, -0.25) is 0 Å². The van der Waals surface area contributed by atoms with Crippen molar-refractivity contribution >= 4 is 17.6 Å². The number of carbonyl (C=O) groups is 1. The summed E-state index contributed by atoms with van der Waals surface area (Å²) < 4.78 is 1.71. The van der Waals surface area contributed by atoms with Gasteiger partial charge in [0.2, 0.25) is 0 Å². The zero-order valence-corrected chi connectivity index (χ0v) is 9.27. The van der Waals surface area contributed by atoms with Crippen LogP contribution < -0.4 is 0 Å². The minimum Gasteiger partial charge on any atom is -0.476 e. The number of hydrogen-bond acceptors (Lipinski definition) is 2. The normalized spacial score (nSPS) is 10.4. The van der Waals surface area contributed by atoms with Crippen molar-refractivity contribution in [3.05, 3.63) is 47.0 Å². The Labute approximate surface area is 97.1 Å². The molecule has 0 aliphatic heterocycles. The Hall–Kier alpha value is -1.81. The first kappa shape index (κ1) is 10.7. The second-order valence-corrected chi connectivity index (χ2v) is 3.76. The maximum Gasteiger partial charge on any atom is 0.356 e. The monoisotopic (exact) mass is 236 g/mol. The molecule has 1 aromatic carbocycles. The lowest BCUT2D eigenvalue weighted by Crippen LogP contribution is -1.95. The molecule has 2 aromatic rings. The number of benzene rings is 1. The van der Waals surface area contributed by atoms with Crippen molar-refractivity contribution in [2.45, 2.75) is 6.92 Å². The fraction of sp³-hybridized carbons (Fsp3) is 0.0909. The second kappa shape index (κ2) is 3.98. The summed E-state index contributed by atoms with van der Waals surface area (Å²) in [7, 11) is 0. The molecule has 82 valence electrons. The number of carboxylic acids is 1. The molecule has 0 aliphatic carbocycles. The summed E-state index contributed by atoms with van der Waals surface area (Å²) in [6, 6.07) is 7.11. The third-order valence-corrected chi connectivity index (χ3v) is 2.46. The quantitative estimate of drug-likeness (QED) is 0.872. The van der Waals surface area contributed by atoms with Crippen LogP contribution in [0.4, 0.5) is 0 Å². The van der Waals surface area contributed by atoms with E-state index in [1.54, 1.807) is 23.6 Å². The van der Waals surface area contributed by atoms with E-state index in [0.29, 0.717) is 10.8 Å². The van der Waals surface area contributed by atoms with E-state index in [9.17, 15) is 4.79 Å². The Kier molecular flexibility index (Phi) is 2.66. The molecule has 16 heavy (non-hydrogen) atoms. The van der Waals surface area contributed by atoms with E-state index in [0.717, 1.165) is 5.69 Å². The number of nitrogens with zero attached hydrogens (tertiary/aromatic N) is 2. The molecule has 2 rings (SSSR count). The highest BCUT2D eigenvalue weighted by Crippen LogP contribution is 2.15. The number of carboxylic acid groups (broad SMARTS) is 1. The molecule has 0 unspecified atom stereocenters. The third kappa shape index (κ3) is 1.92. The zero-order valence-electron chi connectivity index (χ0n) is 8.51. The van der Waals surface area contributed by atoms with Crippen LogP contribution >= 0.6 is 11.6 Å². The van der Waals surface area contributed by atoms with Gasteiger partial charge in [0.25, 0.3) is 0 Å². The van der Waals surface area contributed by atoms with Gasteiger partial charge in [-0.1, -0.05) is 11.6 Å². The van der Waals surface area contributed by atoms with Gasteiger partial charge in [-0.2, -0.15) is 0 Å². The molecule has 0 radical (unpaired) electrons. The average Bonchev–Trinajstić information content (AvgIpc) is 2.62. The van der Waals surface area contributed by atoms with Crippen LogP contribution in [-0.4, -0.2) is 20.6 Å². The molecule has 0 atom stereocenters. The summed E-state index contributed by atoms with van der Waals surface area (Å²) in [6.07, 6.45) is 1.49. The van der Waals surface area contributed by atoms with Gasteiger partial charge in [-0.15, -0.1) is 0 Å². The standard InChI is InChI=1S/C11H9ClN2O2/c1-7-13-10(11(15)16)6-14(7)9-4-2-8(12)3-5-9/h2-6H,1H3,(H,15,16). The fourth-order valence-electron chi connectivity index (χ4n) is 1.44. The Bertz CT molecular complexity index is 531. The fourth-order valence-corrected chi connectivity index (χ4v) is 1.56. The second-order valence-electron chi connectivity index (χ2n) is 3.32. The first-order valence-electron chi connectivity index (χ1n) is 4.63. The van der Waals surface area contributed by atoms with E-state index >= 15 is 0 Å². The number of halogens is 1. The minimum atomic E-state index is -1.03. The van der Waals surface area contributed by atoms with Crippen LogP contribution in [-0.2, 0) is 0 Å². The molecule has 0 spiro atoms. The summed E-state index contributed by atoms with van der Waals surface area (Å²) in [5.74, 6) is -0.407. The molecule has 1 aromatic heterocycles. The molecule has 0 saturated heterocycles. The van der Waals surface area contributed by atoms with Crippen molar-refractivity contribution in [3.63, 3.8) is 0 Å². The predicted molar refractivity (Wildman–Crippen MR) is 60.3 cm³/mol. The van der Waals surface area contributed by atoms with Crippen LogP contribution in [0, 0.1) is 6.92 Å². The maximum absolute atomic E-state index is 10.8. The number of rotatable bonds is 2. The molecule has 0 aliphatic rings. The molecule has 4 nitrogen and oxygen atoms in total. The summed E-state index contributed by atoms with van der Waals surface area (Å²) in [5.41, 5.74) is 0.870. The number of aryl methyl sites for hydroxylation is 1. The van der Waals surface area contributed by atoms with Gasteiger partial charge in [-0.05, 0) is 31.2 Å². The van der Waals surface area contributed by atoms with Crippen molar-refractivity contribution < 1.29 is 9.90 Å². The van der Waals surface area contributed by atoms with Gasteiger partial charge >= 0.3 is 5.97 Å². The molecule has 0 fully saturated rings. The van der Waals surface area contributed by atoms with Crippen LogP contribution in [0.2, 0.25) is 5.02 Å². The highest BCUT2D eigenvalue weighted by atomic mass is 35.5. The average molecular weight is 237 g/mol. The van der Waals surface area contributed by atoms with Crippen LogP contribution in [0.5, 0.6) is 0 Å². The summed E-state index contributed by atoms with van der Waals surface area (Å²) in [6.45, 7) is 1.75. The smallest absolute Gasteiger partial charge is 0.356 e. The molecule has 1 heterocycles. The number of imidazole rings is 1. The van der Waals surface area contributed by atoms with E-state index in [4.69, 9.17) is 16.7 Å². The number of aromatic nitrogens is 2. The van der Waals surface area contributed by atoms with Crippen LogP contribution in [0.15, 0.2) is 30.5 Å². The predicted octanol–water partition coefficient (Wildman–Crippen LogP) is 2.53. The van der Waals surface area contributed by atoms with Crippen molar-refractivity contribution in [1.82, 2.24) is 9.55 Å². The van der Waals surface area contributed by atoms with E-state index in [-0.39, 0.29) is 5.69 Å². The van der Waals surface area contributed by atoms with Gasteiger partial charge < -0.3 is 9.67 Å². The Morgan fingerprint density at radius 2 is 2.00 bits per heavy atom. The van der Waals surface area contributed by atoms with Gasteiger partial charge in [-0.25, -0.2) is 9.78 Å². The summed E-state index contributed by atoms with van der Waals surface area (Å²) >= 11 is 5.78. The lowest BCUT2D eigenvalue weighted by molar-refractivity contribution is 0.0691. The van der Waals surface area contributed by atoms with E-state index < -0.39 is 5.97 Å². The molecule has 1 N–H and O–H groups in total. The molecule has 5 heteroatoms. The van der Waals surface area contributed by atoms with E-state index in [2.05, 4.69) is 4.98 Å². The van der Waals surface area contributed by atoms with Gasteiger partial charge in [0.15, 0.2) is 5.69 Å². The third-order valence-electron chi connectivity index (χ3n) is 2.21. The molecular weight excluding hydrogens is 228 g/mol. The van der Waals surface area contributed by atoms with Crippen molar-refractivity contribution in [2.24, 2.45) is 0 Å². The van der Waals surface area contributed by atoms with Crippen LogP contribution in [0.25, 0.3) is 5.69 Å². The maximum atomic E-state index is 10.8. The molecule has 0 amide bonds. The lowest BCUT2D eigenvalue weighted by atomic mass is 10.3. The largest absolute Gasteiger partial charge is 0.476 e. The first-order valence-corrected chi connectivity index (χ1v) is 5.01. The number of hydrogen-bond donors (Lipinski definition) is 1. The first-order chi connectivity index (χ1) is 7.58. The SMILES string of the molecule is Cc1nc(C(=O)O)cn1-c1ccc(Cl)cc1. The summed E-state index contributed by atoms with van der Waals surface area (Å²) in [4.78, 5) is 14.7. The highest BCUT2D eigenvalue weighted by Gasteiger charge is 2.11. The van der Waals surface area contributed by atoms with Crippen molar-refractivity contribution in [1.29, 1.82) is 0 Å².